The van der Waals surface area contributed by atoms with Gasteiger partial charge in [0.1, 0.15) is 5.52 Å². The highest BCUT2D eigenvalue weighted by Gasteiger charge is 2.12. The molecule has 1 amide bonds. The summed E-state index contributed by atoms with van der Waals surface area (Å²) in [6.07, 6.45) is 0. The van der Waals surface area contributed by atoms with Gasteiger partial charge in [-0.25, -0.2) is 4.68 Å². The maximum atomic E-state index is 12.3. The number of rotatable bonds is 3. The van der Waals surface area contributed by atoms with Crippen molar-refractivity contribution in [1.29, 1.82) is 5.26 Å². The number of nitrogens with one attached hydrogen (secondary N) is 1. The van der Waals surface area contributed by atoms with E-state index in [4.69, 9.17) is 5.26 Å². The predicted octanol–water partition coefficient (Wildman–Crippen LogP) is 3.14. The van der Waals surface area contributed by atoms with E-state index >= 15 is 0 Å². The normalized spacial score (nSPS) is 10.7. The van der Waals surface area contributed by atoms with Gasteiger partial charge in [0.2, 0.25) is 0 Å². The minimum atomic E-state index is -0.226. The van der Waals surface area contributed by atoms with E-state index in [1.165, 1.54) is 0 Å². The van der Waals surface area contributed by atoms with Gasteiger partial charge in [0.05, 0.1) is 17.1 Å². The first-order chi connectivity index (χ1) is 11.1. The van der Waals surface area contributed by atoms with E-state index in [0.29, 0.717) is 22.3 Å². The Labute approximate surface area is 133 Å². The number of hydrogen-bond donors (Lipinski definition) is 1. The first kappa shape index (κ1) is 14.7. The second-order valence-electron chi connectivity index (χ2n) is 5.47. The van der Waals surface area contributed by atoms with Gasteiger partial charge in [-0.3, -0.25) is 4.79 Å². The Kier molecular flexibility index (Phi) is 3.77. The van der Waals surface area contributed by atoms with Gasteiger partial charge in [-0.15, -0.1) is 5.10 Å². The van der Waals surface area contributed by atoms with Crippen LogP contribution in [0.15, 0.2) is 42.5 Å². The van der Waals surface area contributed by atoms with Gasteiger partial charge >= 0.3 is 0 Å². The number of benzene rings is 2. The molecule has 1 aromatic heterocycles. The van der Waals surface area contributed by atoms with Gasteiger partial charge in [-0.05, 0) is 56.3 Å². The van der Waals surface area contributed by atoms with Crippen LogP contribution < -0.4 is 5.32 Å². The Morgan fingerprint density at radius 2 is 1.96 bits per heavy atom. The SMILES string of the molecule is CC(C)n1nnc2cc(C(=O)Nc3ccc(C#N)cc3)ccc21. The van der Waals surface area contributed by atoms with Crippen molar-refractivity contribution >= 4 is 22.6 Å². The first-order valence-electron chi connectivity index (χ1n) is 7.25. The summed E-state index contributed by atoms with van der Waals surface area (Å²) in [6, 6.07) is 14.3. The fraction of sp³-hybridized carbons (Fsp3) is 0.176. The fourth-order valence-electron chi connectivity index (χ4n) is 2.30. The van der Waals surface area contributed by atoms with Gasteiger partial charge in [-0.2, -0.15) is 5.26 Å². The third kappa shape index (κ3) is 2.90. The van der Waals surface area contributed by atoms with Crippen molar-refractivity contribution in [3.8, 4) is 6.07 Å². The molecule has 6 nitrogen and oxygen atoms in total. The van der Waals surface area contributed by atoms with Gasteiger partial charge in [-0.1, -0.05) is 5.21 Å². The number of fused-ring (bicyclic) bond motifs is 1. The second-order valence-corrected chi connectivity index (χ2v) is 5.47. The van der Waals surface area contributed by atoms with Crippen LogP contribution in [-0.2, 0) is 0 Å². The van der Waals surface area contributed by atoms with Crippen molar-refractivity contribution in [2.75, 3.05) is 5.32 Å². The molecule has 0 radical (unpaired) electrons. The quantitative estimate of drug-likeness (QED) is 0.805. The third-order valence-corrected chi connectivity index (χ3v) is 3.49. The largest absolute Gasteiger partial charge is 0.322 e. The van der Waals surface area contributed by atoms with E-state index in [1.54, 1.807) is 36.4 Å². The molecular formula is C17H15N5O. The molecule has 0 fully saturated rings. The van der Waals surface area contributed by atoms with E-state index in [9.17, 15) is 4.79 Å². The van der Waals surface area contributed by atoms with Crippen LogP contribution in [0.3, 0.4) is 0 Å². The van der Waals surface area contributed by atoms with Crippen LogP contribution in [0.25, 0.3) is 11.0 Å². The maximum absolute atomic E-state index is 12.3. The topological polar surface area (TPSA) is 83.6 Å². The Morgan fingerprint density at radius 1 is 1.22 bits per heavy atom. The summed E-state index contributed by atoms with van der Waals surface area (Å²) in [5.74, 6) is -0.226. The van der Waals surface area contributed by atoms with E-state index in [-0.39, 0.29) is 11.9 Å². The second kappa shape index (κ2) is 5.89. The lowest BCUT2D eigenvalue weighted by Gasteiger charge is -2.07. The molecule has 0 bridgehead atoms. The van der Waals surface area contributed by atoms with Crippen molar-refractivity contribution < 1.29 is 4.79 Å². The summed E-state index contributed by atoms with van der Waals surface area (Å²) in [5.41, 5.74) is 3.29. The van der Waals surface area contributed by atoms with Crippen LogP contribution in [0.4, 0.5) is 5.69 Å². The lowest BCUT2D eigenvalue weighted by Crippen LogP contribution is -2.11. The number of nitrogens with zero attached hydrogens (tertiary/aromatic N) is 4. The summed E-state index contributed by atoms with van der Waals surface area (Å²) in [7, 11) is 0. The van der Waals surface area contributed by atoms with Crippen LogP contribution in [0, 0.1) is 11.3 Å². The molecule has 0 aliphatic carbocycles. The minimum absolute atomic E-state index is 0.207. The zero-order valence-electron chi connectivity index (χ0n) is 12.8. The zero-order valence-corrected chi connectivity index (χ0v) is 12.8. The molecule has 0 aliphatic heterocycles. The molecular weight excluding hydrogens is 290 g/mol. The highest BCUT2D eigenvalue weighted by molar-refractivity contribution is 6.05. The lowest BCUT2D eigenvalue weighted by atomic mass is 10.1. The van der Waals surface area contributed by atoms with Crippen molar-refractivity contribution in [2.45, 2.75) is 19.9 Å². The number of anilines is 1. The molecule has 0 atom stereocenters. The van der Waals surface area contributed by atoms with Crippen LogP contribution in [0.5, 0.6) is 0 Å². The van der Waals surface area contributed by atoms with Crippen LogP contribution in [0.2, 0.25) is 0 Å². The molecule has 0 saturated carbocycles. The van der Waals surface area contributed by atoms with Crippen LogP contribution in [-0.4, -0.2) is 20.9 Å². The van der Waals surface area contributed by atoms with Gasteiger partial charge in [0.15, 0.2) is 0 Å². The number of carbonyl (C=O) groups is 1. The van der Waals surface area contributed by atoms with E-state index < -0.39 is 0 Å². The number of carbonyl (C=O) groups excluding carboxylic acids is 1. The number of amides is 1. The van der Waals surface area contributed by atoms with E-state index in [0.717, 1.165) is 5.52 Å². The van der Waals surface area contributed by atoms with E-state index in [1.807, 2.05) is 30.7 Å². The lowest BCUT2D eigenvalue weighted by molar-refractivity contribution is 0.102. The van der Waals surface area contributed by atoms with Gasteiger partial charge < -0.3 is 5.32 Å². The number of aromatic nitrogens is 3. The van der Waals surface area contributed by atoms with Gasteiger partial charge in [0, 0.05) is 17.3 Å². The molecule has 0 spiro atoms. The van der Waals surface area contributed by atoms with Crippen molar-refractivity contribution in [3.63, 3.8) is 0 Å². The standard InChI is InChI=1S/C17H15N5O/c1-11(2)22-16-8-5-13(9-15(16)20-21-22)17(23)19-14-6-3-12(10-18)4-7-14/h3-9,11H,1-2H3,(H,19,23). The predicted molar refractivity (Wildman–Crippen MR) is 87.0 cm³/mol. The molecule has 6 heteroatoms. The summed E-state index contributed by atoms with van der Waals surface area (Å²) < 4.78 is 1.82. The van der Waals surface area contributed by atoms with Crippen LogP contribution >= 0.6 is 0 Å². The highest BCUT2D eigenvalue weighted by Crippen LogP contribution is 2.18. The van der Waals surface area contributed by atoms with Crippen LogP contribution in [0.1, 0.15) is 35.8 Å². The maximum Gasteiger partial charge on any atom is 0.255 e. The zero-order chi connectivity index (χ0) is 16.4. The monoisotopic (exact) mass is 305 g/mol. The molecule has 1 heterocycles. The van der Waals surface area contributed by atoms with Crippen molar-refractivity contribution in [1.82, 2.24) is 15.0 Å². The summed E-state index contributed by atoms with van der Waals surface area (Å²) in [6.45, 7) is 4.05. The Hall–Kier alpha value is -3.20. The minimum Gasteiger partial charge on any atom is -0.322 e. The summed E-state index contributed by atoms with van der Waals surface area (Å²) in [5, 5.41) is 19.8. The Balaban J connectivity index is 1.84. The Morgan fingerprint density at radius 3 is 2.61 bits per heavy atom. The molecule has 2 aromatic carbocycles. The molecule has 1 N–H and O–H groups in total. The molecule has 3 aromatic rings. The average molecular weight is 305 g/mol. The third-order valence-electron chi connectivity index (χ3n) is 3.49. The summed E-state index contributed by atoms with van der Waals surface area (Å²) >= 11 is 0. The van der Waals surface area contributed by atoms with Crippen molar-refractivity contribution in [2.24, 2.45) is 0 Å². The van der Waals surface area contributed by atoms with Crippen molar-refractivity contribution in [3.05, 3.63) is 53.6 Å². The molecule has 0 saturated heterocycles. The highest BCUT2D eigenvalue weighted by atomic mass is 16.1. The first-order valence-corrected chi connectivity index (χ1v) is 7.25. The molecule has 3 rings (SSSR count). The molecule has 23 heavy (non-hydrogen) atoms. The fourth-order valence-corrected chi connectivity index (χ4v) is 2.30. The smallest absolute Gasteiger partial charge is 0.255 e. The Bertz CT molecular complexity index is 903. The number of nitriles is 1. The number of hydrogen-bond acceptors (Lipinski definition) is 4. The summed E-state index contributed by atoms with van der Waals surface area (Å²) in [4.78, 5) is 12.3. The van der Waals surface area contributed by atoms with Gasteiger partial charge in [0.25, 0.3) is 5.91 Å². The molecule has 0 aliphatic rings. The average Bonchev–Trinajstić information content (AvgIpc) is 2.98. The molecule has 0 unspecified atom stereocenters. The molecule has 114 valence electrons. The van der Waals surface area contributed by atoms with E-state index in [2.05, 4.69) is 15.6 Å².